The monoisotopic (exact) mass is 413 g/mol. The molecule has 1 heterocycles. The van der Waals surface area contributed by atoms with Crippen LogP contribution in [0.25, 0.3) is 0 Å². The Kier molecular flexibility index (Phi) is 7.54. The van der Waals surface area contributed by atoms with Crippen molar-refractivity contribution in [1.82, 2.24) is 9.80 Å². The molecule has 3 rings (SSSR count). The molecule has 30 heavy (non-hydrogen) atoms. The van der Waals surface area contributed by atoms with Crippen LogP contribution in [0.3, 0.4) is 0 Å². The molecule has 0 radical (unpaired) electrons. The van der Waals surface area contributed by atoms with E-state index in [2.05, 4.69) is 34.2 Å². The lowest BCUT2D eigenvalue weighted by molar-refractivity contribution is 0.102. The molecule has 2 aromatic rings. The van der Waals surface area contributed by atoms with Crippen molar-refractivity contribution in [2.75, 3.05) is 59.4 Å². The summed E-state index contributed by atoms with van der Waals surface area (Å²) in [7, 11) is 4.60. The SMILES string of the molecule is CCN1CCN(Cc2ccc(NC(=O)c3cc(OC)c(OC)cc3OC)cc2)CC1. The Morgan fingerprint density at radius 3 is 2.00 bits per heavy atom. The van der Waals surface area contributed by atoms with E-state index in [-0.39, 0.29) is 5.91 Å². The van der Waals surface area contributed by atoms with E-state index in [1.54, 1.807) is 19.2 Å². The van der Waals surface area contributed by atoms with Gasteiger partial charge in [-0.05, 0) is 24.2 Å². The van der Waals surface area contributed by atoms with Gasteiger partial charge in [0.1, 0.15) is 5.75 Å². The van der Waals surface area contributed by atoms with Crippen molar-refractivity contribution in [3.8, 4) is 17.2 Å². The van der Waals surface area contributed by atoms with Crippen molar-refractivity contribution in [3.05, 3.63) is 47.5 Å². The van der Waals surface area contributed by atoms with Crippen LogP contribution in [0.2, 0.25) is 0 Å². The number of piperazine rings is 1. The summed E-state index contributed by atoms with van der Waals surface area (Å²) in [5.41, 5.74) is 2.35. The fraction of sp³-hybridized carbons (Fsp3) is 0.435. The molecule has 0 atom stereocenters. The summed E-state index contributed by atoms with van der Waals surface area (Å²) in [5, 5.41) is 2.93. The highest BCUT2D eigenvalue weighted by atomic mass is 16.5. The third-order valence-corrected chi connectivity index (χ3v) is 5.48. The first kappa shape index (κ1) is 21.9. The van der Waals surface area contributed by atoms with Gasteiger partial charge in [-0.15, -0.1) is 0 Å². The highest BCUT2D eigenvalue weighted by molar-refractivity contribution is 6.06. The summed E-state index contributed by atoms with van der Waals surface area (Å²) >= 11 is 0. The average molecular weight is 414 g/mol. The summed E-state index contributed by atoms with van der Waals surface area (Å²) in [6.07, 6.45) is 0. The van der Waals surface area contributed by atoms with Gasteiger partial charge in [0.15, 0.2) is 11.5 Å². The topological polar surface area (TPSA) is 63.3 Å². The van der Waals surface area contributed by atoms with Gasteiger partial charge in [0.25, 0.3) is 5.91 Å². The summed E-state index contributed by atoms with van der Waals surface area (Å²) < 4.78 is 15.9. The Hall–Kier alpha value is -2.77. The number of rotatable bonds is 8. The zero-order chi connectivity index (χ0) is 21.5. The molecule has 0 saturated carbocycles. The molecule has 7 heteroatoms. The number of hydrogen-bond acceptors (Lipinski definition) is 6. The number of ether oxygens (including phenoxy) is 3. The molecule has 0 unspecified atom stereocenters. The van der Waals surface area contributed by atoms with E-state index in [9.17, 15) is 4.79 Å². The minimum absolute atomic E-state index is 0.267. The summed E-state index contributed by atoms with van der Waals surface area (Å²) in [6.45, 7) is 8.68. The maximum atomic E-state index is 12.8. The molecular formula is C23H31N3O4. The van der Waals surface area contributed by atoms with Gasteiger partial charge in [-0.2, -0.15) is 0 Å². The number of anilines is 1. The van der Waals surface area contributed by atoms with Crippen molar-refractivity contribution >= 4 is 11.6 Å². The number of carbonyl (C=O) groups excluding carboxylic acids is 1. The Bertz CT molecular complexity index is 846. The number of likely N-dealkylation sites (N-methyl/N-ethyl adjacent to an activating group) is 1. The number of nitrogens with zero attached hydrogens (tertiary/aromatic N) is 2. The van der Waals surface area contributed by atoms with Crippen molar-refractivity contribution < 1.29 is 19.0 Å². The molecule has 0 aromatic heterocycles. The van der Waals surface area contributed by atoms with Crippen LogP contribution in [0, 0.1) is 0 Å². The maximum Gasteiger partial charge on any atom is 0.259 e. The van der Waals surface area contributed by atoms with Gasteiger partial charge in [0.2, 0.25) is 0 Å². The molecule has 1 saturated heterocycles. The normalized spacial score (nSPS) is 14.9. The van der Waals surface area contributed by atoms with Crippen LogP contribution in [0.4, 0.5) is 5.69 Å². The number of methoxy groups -OCH3 is 3. The highest BCUT2D eigenvalue weighted by Gasteiger charge is 2.18. The molecule has 162 valence electrons. The van der Waals surface area contributed by atoms with E-state index >= 15 is 0 Å². The number of nitrogens with one attached hydrogen (secondary N) is 1. The van der Waals surface area contributed by atoms with Crippen molar-refractivity contribution in [2.24, 2.45) is 0 Å². The zero-order valence-electron chi connectivity index (χ0n) is 18.2. The second-order valence-electron chi connectivity index (χ2n) is 7.27. The number of benzene rings is 2. The minimum atomic E-state index is -0.267. The molecule has 1 fully saturated rings. The second kappa shape index (κ2) is 10.3. The lowest BCUT2D eigenvalue weighted by Gasteiger charge is -2.34. The number of hydrogen-bond donors (Lipinski definition) is 1. The predicted molar refractivity (Wildman–Crippen MR) is 118 cm³/mol. The standard InChI is InChI=1S/C23H31N3O4/c1-5-25-10-12-26(13-11-25)16-17-6-8-18(9-7-17)24-23(27)19-14-21(29-3)22(30-4)15-20(19)28-2/h6-9,14-15H,5,10-13,16H2,1-4H3,(H,24,27). The van der Waals surface area contributed by atoms with Crippen molar-refractivity contribution in [3.63, 3.8) is 0 Å². The van der Waals surface area contributed by atoms with Crippen LogP contribution in [0.1, 0.15) is 22.8 Å². The lowest BCUT2D eigenvalue weighted by Crippen LogP contribution is -2.45. The van der Waals surface area contributed by atoms with Gasteiger partial charge < -0.3 is 24.4 Å². The molecular weight excluding hydrogens is 382 g/mol. The molecule has 0 aliphatic carbocycles. The summed E-state index contributed by atoms with van der Waals surface area (Å²) in [5.74, 6) is 1.14. The molecule has 1 aliphatic rings. The molecule has 2 aromatic carbocycles. The number of amides is 1. The van der Waals surface area contributed by atoms with Gasteiger partial charge in [-0.25, -0.2) is 0 Å². The first-order valence-corrected chi connectivity index (χ1v) is 10.2. The van der Waals surface area contributed by atoms with Crippen molar-refractivity contribution in [2.45, 2.75) is 13.5 Å². The van der Waals surface area contributed by atoms with E-state index in [1.165, 1.54) is 19.8 Å². The second-order valence-corrected chi connectivity index (χ2v) is 7.27. The Labute approximate surface area is 178 Å². The molecule has 0 spiro atoms. The first-order valence-electron chi connectivity index (χ1n) is 10.2. The van der Waals surface area contributed by atoms with Gasteiger partial charge in [-0.1, -0.05) is 19.1 Å². The lowest BCUT2D eigenvalue weighted by atomic mass is 10.1. The Morgan fingerprint density at radius 1 is 0.867 bits per heavy atom. The van der Waals surface area contributed by atoms with E-state index in [4.69, 9.17) is 14.2 Å². The van der Waals surface area contributed by atoms with Crippen LogP contribution in [0.15, 0.2) is 36.4 Å². The third kappa shape index (κ3) is 5.23. The maximum absolute atomic E-state index is 12.8. The fourth-order valence-electron chi connectivity index (χ4n) is 3.62. The van der Waals surface area contributed by atoms with E-state index in [0.29, 0.717) is 22.8 Å². The van der Waals surface area contributed by atoms with E-state index in [0.717, 1.165) is 45.0 Å². The van der Waals surface area contributed by atoms with Crippen LogP contribution in [-0.2, 0) is 6.54 Å². The van der Waals surface area contributed by atoms with Crippen LogP contribution in [0.5, 0.6) is 17.2 Å². The summed E-state index contributed by atoms with van der Waals surface area (Å²) in [6, 6.07) is 11.3. The van der Waals surface area contributed by atoms with Gasteiger partial charge in [0, 0.05) is 50.5 Å². The Balaban J connectivity index is 1.65. The molecule has 0 bridgehead atoms. The van der Waals surface area contributed by atoms with Crippen LogP contribution >= 0.6 is 0 Å². The van der Waals surface area contributed by atoms with E-state index < -0.39 is 0 Å². The minimum Gasteiger partial charge on any atom is -0.496 e. The summed E-state index contributed by atoms with van der Waals surface area (Å²) in [4.78, 5) is 17.8. The zero-order valence-corrected chi connectivity index (χ0v) is 18.2. The average Bonchev–Trinajstić information content (AvgIpc) is 2.79. The highest BCUT2D eigenvalue weighted by Crippen LogP contribution is 2.35. The van der Waals surface area contributed by atoms with Gasteiger partial charge in [0.05, 0.1) is 26.9 Å². The first-order chi connectivity index (χ1) is 14.6. The largest absolute Gasteiger partial charge is 0.496 e. The molecule has 7 nitrogen and oxygen atoms in total. The molecule has 1 N–H and O–H groups in total. The van der Waals surface area contributed by atoms with E-state index in [1.807, 2.05) is 12.1 Å². The molecule has 1 amide bonds. The quantitative estimate of drug-likeness (QED) is 0.718. The number of carbonyl (C=O) groups is 1. The third-order valence-electron chi connectivity index (χ3n) is 5.48. The predicted octanol–water partition coefficient (Wildman–Crippen LogP) is 3.10. The fourth-order valence-corrected chi connectivity index (χ4v) is 3.62. The molecule has 1 aliphatic heterocycles. The van der Waals surface area contributed by atoms with Gasteiger partial charge >= 0.3 is 0 Å². The van der Waals surface area contributed by atoms with Crippen LogP contribution < -0.4 is 19.5 Å². The van der Waals surface area contributed by atoms with Crippen molar-refractivity contribution in [1.29, 1.82) is 0 Å². The van der Waals surface area contributed by atoms with Gasteiger partial charge in [-0.3, -0.25) is 9.69 Å². The smallest absolute Gasteiger partial charge is 0.259 e. The Morgan fingerprint density at radius 2 is 1.43 bits per heavy atom. The van der Waals surface area contributed by atoms with Crippen LogP contribution in [-0.4, -0.2) is 69.8 Å².